The first-order valence-electron chi connectivity index (χ1n) is 9.62. The van der Waals surface area contributed by atoms with Crippen molar-refractivity contribution in [2.75, 3.05) is 32.8 Å². The molecule has 6 nitrogen and oxygen atoms in total. The Morgan fingerprint density at radius 1 is 1.04 bits per heavy atom. The minimum Gasteiger partial charge on any atom is -0.503 e. The lowest BCUT2D eigenvalue weighted by molar-refractivity contribution is 0.0327. The first kappa shape index (κ1) is 18.2. The van der Waals surface area contributed by atoms with Crippen molar-refractivity contribution in [3.8, 4) is 5.75 Å². The number of hydrogen-bond donors (Lipinski definition) is 1. The van der Waals surface area contributed by atoms with E-state index in [4.69, 9.17) is 4.74 Å². The molecule has 0 atom stereocenters. The fraction of sp³-hybridized carbons (Fsp3) is 0.476. The molecule has 1 fully saturated rings. The summed E-state index contributed by atoms with van der Waals surface area (Å²) in [6.07, 6.45) is 1.03. The molecule has 0 aliphatic carbocycles. The van der Waals surface area contributed by atoms with Gasteiger partial charge in [-0.3, -0.25) is 14.6 Å². The van der Waals surface area contributed by atoms with E-state index in [1.807, 2.05) is 11.6 Å². The summed E-state index contributed by atoms with van der Waals surface area (Å²) in [6, 6.07) is 10.1. The lowest BCUT2D eigenvalue weighted by Crippen LogP contribution is -2.37. The molecule has 1 aromatic heterocycles. The van der Waals surface area contributed by atoms with Crippen LogP contribution >= 0.6 is 0 Å². The minimum absolute atomic E-state index is 0.128. The molecule has 3 heterocycles. The molecule has 27 heavy (non-hydrogen) atoms. The third kappa shape index (κ3) is 3.93. The van der Waals surface area contributed by atoms with E-state index < -0.39 is 0 Å². The van der Waals surface area contributed by atoms with Crippen molar-refractivity contribution in [2.24, 2.45) is 7.05 Å². The van der Waals surface area contributed by atoms with E-state index in [9.17, 15) is 9.90 Å². The summed E-state index contributed by atoms with van der Waals surface area (Å²) in [6.45, 7) is 6.17. The highest BCUT2D eigenvalue weighted by atomic mass is 16.5. The van der Waals surface area contributed by atoms with E-state index in [1.165, 1.54) is 11.1 Å². The molecule has 2 aromatic rings. The Morgan fingerprint density at radius 3 is 2.56 bits per heavy atom. The monoisotopic (exact) mass is 369 g/mol. The predicted molar refractivity (Wildman–Crippen MR) is 104 cm³/mol. The Morgan fingerprint density at radius 2 is 1.78 bits per heavy atom. The zero-order valence-corrected chi connectivity index (χ0v) is 15.9. The van der Waals surface area contributed by atoms with Crippen LogP contribution < -0.4 is 5.43 Å². The number of hydrogen-bond acceptors (Lipinski definition) is 5. The van der Waals surface area contributed by atoms with E-state index in [0.29, 0.717) is 32.0 Å². The van der Waals surface area contributed by atoms with Crippen molar-refractivity contribution in [1.82, 2.24) is 14.4 Å². The molecule has 2 aliphatic heterocycles. The van der Waals surface area contributed by atoms with Gasteiger partial charge in [-0.25, -0.2) is 0 Å². The fourth-order valence-electron chi connectivity index (χ4n) is 4.01. The van der Waals surface area contributed by atoms with E-state index >= 15 is 0 Å². The molecule has 0 bridgehead atoms. The van der Waals surface area contributed by atoms with Gasteiger partial charge in [0, 0.05) is 58.1 Å². The minimum atomic E-state index is -0.288. The largest absolute Gasteiger partial charge is 0.503 e. The average Bonchev–Trinajstić information content (AvgIpc) is 2.70. The van der Waals surface area contributed by atoms with Gasteiger partial charge in [0.05, 0.1) is 18.9 Å². The normalized spacial score (nSPS) is 18.4. The van der Waals surface area contributed by atoms with Crippen LogP contribution in [-0.4, -0.2) is 52.3 Å². The molecule has 0 unspecified atom stereocenters. The lowest BCUT2D eigenvalue weighted by atomic mass is 10.00. The third-order valence-electron chi connectivity index (χ3n) is 5.71. The number of morpholine rings is 1. The third-order valence-corrected chi connectivity index (χ3v) is 5.71. The number of nitrogens with zero attached hydrogens (tertiary/aromatic N) is 3. The molecule has 2 aliphatic rings. The summed E-state index contributed by atoms with van der Waals surface area (Å²) in [5.74, 6) is -0.128. The van der Waals surface area contributed by atoms with Gasteiger partial charge in [0.15, 0.2) is 5.75 Å². The topological polar surface area (TPSA) is 57.9 Å². The van der Waals surface area contributed by atoms with E-state index in [0.717, 1.165) is 38.3 Å². The second-order valence-electron chi connectivity index (χ2n) is 7.47. The maximum absolute atomic E-state index is 12.4. The second kappa shape index (κ2) is 7.84. The van der Waals surface area contributed by atoms with Crippen LogP contribution in [-0.2, 0) is 37.8 Å². The second-order valence-corrected chi connectivity index (χ2v) is 7.47. The summed E-state index contributed by atoms with van der Waals surface area (Å²) >= 11 is 0. The van der Waals surface area contributed by atoms with Crippen molar-refractivity contribution < 1.29 is 9.84 Å². The van der Waals surface area contributed by atoms with E-state index in [-0.39, 0.29) is 11.2 Å². The number of fused-ring (bicyclic) bond motifs is 1. The molecule has 1 aromatic carbocycles. The van der Waals surface area contributed by atoms with Gasteiger partial charge in [-0.05, 0) is 17.5 Å². The van der Waals surface area contributed by atoms with Crippen LogP contribution in [0.25, 0.3) is 0 Å². The Kier molecular flexibility index (Phi) is 5.29. The summed E-state index contributed by atoms with van der Waals surface area (Å²) < 4.78 is 7.39. The number of aromatic nitrogens is 1. The van der Waals surface area contributed by atoms with Crippen LogP contribution in [0.5, 0.6) is 5.75 Å². The molecular weight excluding hydrogens is 342 g/mol. The van der Waals surface area contributed by atoms with Crippen LogP contribution in [0.3, 0.4) is 0 Å². The van der Waals surface area contributed by atoms with Gasteiger partial charge in [0.25, 0.3) is 0 Å². The first-order valence-corrected chi connectivity index (χ1v) is 9.62. The molecule has 0 radical (unpaired) electrons. The molecule has 6 heteroatoms. The highest BCUT2D eigenvalue weighted by Crippen LogP contribution is 2.22. The van der Waals surface area contributed by atoms with Crippen molar-refractivity contribution in [2.45, 2.75) is 26.1 Å². The van der Waals surface area contributed by atoms with Crippen molar-refractivity contribution in [3.05, 3.63) is 63.1 Å². The number of benzene rings is 1. The smallest absolute Gasteiger partial charge is 0.223 e. The molecule has 1 N–H and O–H groups in total. The first-order chi connectivity index (χ1) is 13.1. The van der Waals surface area contributed by atoms with Gasteiger partial charge in [-0.15, -0.1) is 0 Å². The molecule has 4 rings (SSSR count). The Balaban J connectivity index is 1.55. The average molecular weight is 369 g/mol. The van der Waals surface area contributed by atoms with Gasteiger partial charge in [-0.1, -0.05) is 24.3 Å². The molecule has 0 amide bonds. The fourth-order valence-corrected chi connectivity index (χ4v) is 4.01. The van der Waals surface area contributed by atoms with Crippen LogP contribution in [0.2, 0.25) is 0 Å². The van der Waals surface area contributed by atoms with E-state index in [2.05, 4.69) is 34.1 Å². The molecular formula is C21H27N3O3. The molecule has 144 valence electrons. The number of ether oxygens (including phenoxy) is 1. The van der Waals surface area contributed by atoms with Gasteiger partial charge in [-0.2, -0.15) is 0 Å². The summed E-state index contributed by atoms with van der Waals surface area (Å²) in [5, 5.41) is 10.4. The maximum Gasteiger partial charge on any atom is 0.223 e. The molecule has 0 spiro atoms. The summed E-state index contributed by atoms with van der Waals surface area (Å²) in [5.41, 5.74) is 4.13. The Labute approximate surface area is 159 Å². The predicted octanol–water partition coefficient (Wildman–Crippen LogP) is 1.48. The lowest BCUT2D eigenvalue weighted by Gasteiger charge is -2.31. The van der Waals surface area contributed by atoms with Crippen molar-refractivity contribution in [3.63, 3.8) is 0 Å². The van der Waals surface area contributed by atoms with Gasteiger partial charge < -0.3 is 14.4 Å². The van der Waals surface area contributed by atoms with Gasteiger partial charge in [0.2, 0.25) is 5.43 Å². The van der Waals surface area contributed by atoms with Crippen LogP contribution in [0.1, 0.15) is 22.5 Å². The van der Waals surface area contributed by atoms with Crippen molar-refractivity contribution in [1.29, 1.82) is 0 Å². The number of rotatable bonds is 4. The SMILES string of the molecule is Cn1c(CN2CCc3ccccc3C2)cc(=O)c(O)c1CN1CCOCC1. The standard InChI is InChI=1S/C21H27N3O3/c1-22-18(14-24-7-6-16-4-2-3-5-17(16)13-24)12-20(25)21(26)19(22)15-23-8-10-27-11-9-23/h2-5,12,26H,6-11,13-15H2,1H3. The van der Waals surface area contributed by atoms with Crippen LogP contribution in [0.4, 0.5) is 0 Å². The summed E-state index contributed by atoms with van der Waals surface area (Å²) in [7, 11) is 1.95. The summed E-state index contributed by atoms with van der Waals surface area (Å²) in [4.78, 5) is 17.0. The zero-order valence-electron chi connectivity index (χ0n) is 15.9. The van der Waals surface area contributed by atoms with E-state index in [1.54, 1.807) is 6.07 Å². The number of pyridine rings is 1. The molecule has 0 saturated carbocycles. The van der Waals surface area contributed by atoms with Crippen LogP contribution in [0, 0.1) is 0 Å². The quantitative estimate of drug-likeness (QED) is 0.885. The highest BCUT2D eigenvalue weighted by Gasteiger charge is 2.21. The maximum atomic E-state index is 12.4. The highest BCUT2D eigenvalue weighted by molar-refractivity contribution is 5.31. The number of aromatic hydroxyl groups is 1. The zero-order chi connectivity index (χ0) is 18.8. The molecule has 1 saturated heterocycles. The van der Waals surface area contributed by atoms with Crippen molar-refractivity contribution >= 4 is 0 Å². The Bertz CT molecular complexity index is 871. The van der Waals surface area contributed by atoms with Crippen LogP contribution in [0.15, 0.2) is 35.1 Å². The Hall–Kier alpha value is -2.15. The van der Waals surface area contributed by atoms with Gasteiger partial charge in [0.1, 0.15) is 0 Å². The van der Waals surface area contributed by atoms with Gasteiger partial charge >= 0.3 is 0 Å².